The molecule has 12 rings (SSSR count). The van der Waals surface area contributed by atoms with Crippen molar-refractivity contribution in [1.29, 1.82) is 0 Å². The third kappa shape index (κ3) is 4.32. The van der Waals surface area contributed by atoms with Crippen molar-refractivity contribution in [1.82, 2.24) is 8.97 Å². The van der Waals surface area contributed by atoms with Crippen molar-refractivity contribution < 1.29 is 0 Å². The van der Waals surface area contributed by atoms with E-state index in [2.05, 4.69) is 214 Å². The number of hydrogen-bond acceptors (Lipinski definition) is 1. The van der Waals surface area contributed by atoms with Crippen molar-refractivity contribution in [3.8, 4) is 16.8 Å². The van der Waals surface area contributed by atoms with E-state index >= 15 is 0 Å². The van der Waals surface area contributed by atoms with Gasteiger partial charge >= 0.3 is 0 Å². The van der Waals surface area contributed by atoms with Crippen LogP contribution in [0, 0.1) is 0 Å². The van der Waals surface area contributed by atoms with E-state index < -0.39 is 0 Å². The first kappa shape index (κ1) is 30.1. The van der Waals surface area contributed by atoms with Crippen LogP contribution < -0.4 is 4.90 Å². The van der Waals surface area contributed by atoms with E-state index in [4.69, 9.17) is 0 Å². The fourth-order valence-electron chi connectivity index (χ4n) is 9.29. The Bertz CT molecular complexity index is 3410. The topological polar surface area (TPSA) is 12.6 Å². The molecular weight excluding hydrogens is 667 g/mol. The molecule has 0 saturated carbocycles. The molecule has 0 aliphatic heterocycles. The Kier molecular flexibility index (Phi) is 6.34. The van der Waals surface area contributed by atoms with Crippen molar-refractivity contribution in [2.45, 2.75) is 0 Å². The Morgan fingerprint density at radius 2 is 0.873 bits per heavy atom. The molecule has 12 aromatic rings. The van der Waals surface area contributed by atoms with Crippen LogP contribution in [-0.4, -0.2) is 8.97 Å². The number of rotatable bonds is 5. The second-order valence-corrected chi connectivity index (χ2v) is 14.5. The third-order valence-corrected chi connectivity index (χ3v) is 11.6. The van der Waals surface area contributed by atoms with Crippen molar-refractivity contribution in [3.05, 3.63) is 200 Å². The molecule has 0 N–H and O–H groups in total. The zero-order chi connectivity index (χ0) is 36.0. The lowest BCUT2D eigenvalue weighted by molar-refractivity contribution is 1.19. The summed E-state index contributed by atoms with van der Waals surface area (Å²) in [5.41, 5.74) is 13.0. The van der Waals surface area contributed by atoms with Gasteiger partial charge in [0.05, 0.1) is 33.3 Å². The van der Waals surface area contributed by atoms with Crippen LogP contribution in [0.5, 0.6) is 0 Å². The lowest BCUT2D eigenvalue weighted by atomic mass is 10.0. The molecule has 0 amide bonds. The van der Waals surface area contributed by atoms with Gasteiger partial charge in [0, 0.05) is 49.4 Å². The lowest BCUT2D eigenvalue weighted by Gasteiger charge is -2.27. The fraction of sp³-hybridized carbons (Fsp3) is 0. The quantitative estimate of drug-likeness (QED) is 0.174. The first-order valence-corrected chi connectivity index (χ1v) is 18.9. The number of nitrogens with zero attached hydrogens (tertiary/aromatic N) is 3. The summed E-state index contributed by atoms with van der Waals surface area (Å²) in [6, 6.07) is 73.2. The Balaban J connectivity index is 1.18. The highest BCUT2D eigenvalue weighted by Crippen LogP contribution is 2.46. The summed E-state index contributed by atoms with van der Waals surface area (Å²) in [6.45, 7) is 0. The van der Waals surface area contributed by atoms with Crippen LogP contribution in [0.1, 0.15) is 0 Å². The third-order valence-electron chi connectivity index (χ3n) is 11.6. The molecule has 0 unspecified atom stereocenters. The summed E-state index contributed by atoms with van der Waals surface area (Å²) in [4.78, 5) is 2.39. The number of para-hydroxylation sites is 3. The van der Waals surface area contributed by atoms with Gasteiger partial charge in [-0.3, -0.25) is 0 Å². The van der Waals surface area contributed by atoms with E-state index in [1.54, 1.807) is 0 Å². The summed E-state index contributed by atoms with van der Waals surface area (Å²) < 4.78 is 5.03. The average molecular weight is 700 g/mol. The van der Waals surface area contributed by atoms with Gasteiger partial charge in [-0.15, -0.1) is 0 Å². The number of hydrogen-bond donors (Lipinski definition) is 0. The maximum absolute atomic E-state index is 2.52. The molecule has 3 aromatic heterocycles. The molecule has 55 heavy (non-hydrogen) atoms. The minimum atomic E-state index is 1.10. The van der Waals surface area contributed by atoms with Gasteiger partial charge in [0.15, 0.2) is 0 Å². The van der Waals surface area contributed by atoms with Crippen LogP contribution >= 0.6 is 0 Å². The predicted molar refractivity (Wildman–Crippen MR) is 233 cm³/mol. The highest BCUT2D eigenvalue weighted by atomic mass is 15.1. The SMILES string of the molecule is c1ccc(-c2ccc(N(c3ccccc3)c3cc(-n4c5cccc6c7cccc8c9ccccc9n(c9cccc4c9c65)c78)c4ccccc4c3)cc2)cc1. The standard InChI is InChI=1S/C52H33N3/c1-3-14-34(15-4-1)35-28-30-38(31-29-35)53(37-17-5-2-6-18-37)39-32-36-16-7-8-19-40(36)49(33-39)54-46-25-12-21-42-44-23-11-22-43-41-20-9-10-24-45(41)55(52(43)44)48-27-13-26-47(54)51(48)50(42)46/h1-33H. The second kappa shape index (κ2) is 11.6. The van der Waals surface area contributed by atoms with E-state index in [-0.39, 0.29) is 0 Å². The smallest absolute Gasteiger partial charge is 0.0619 e. The molecule has 3 heteroatoms. The van der Waals surface area contributed by atoms with Gasteiger partial charge in [-0.25, -0.2) is 0 Å². The van der Waals surface area contributed by atoms with Crippen LogP contribution in [-0.2, 0) is 0 Å². The molecule has 0 bridgehead atoms. The van der Waals surface area contributed by atoms with Gasteiger partial charge in [0.25, 0.3) is 0 Å². The normalized spacial score (nSPS) is 12.0. The number of aromatic nitrogens is 2. The highest BCUT2D eigenvalue weighted by Gasteiger charge is 2.23. The maximum Gasteiger partial charge on any atom is 0.0619 e. The van der Waals surface area contributed by atoms with Crippen LogP contribution in [0.25, 0.3) is 87.5 Å². The Morgan fingerprint density at radius 1 is 0.327 bits per heavy atom. The van der Waals surface area contributed by atoms with E-state index in [9.17, 15) is 0 Å². The first-order chi connectivity index (χ1) is 27.3. The van der Waals surface area contributed by atoms with E-state index in [1.807, 2.05) is 0 Å². The summed E-state index contributed by atoms with van der Waals surface area (Å²) in [7, 11) is 0. The molecule has 0 radical (unpaired) electrons. The van der Waals surface area contributed by atoms with Crippen LogP contribution in [0.15, 0.2) is 200 Å². The summed E-state index contributed by atoms with van der Waals surface area (Å²) in [6.07, 6.45) is 0. The summed E-state index contributed by atoms with van der Waals surface area (Å²) >= 11 is 0. The molecule has 9 aromatic carbocycles. The highest BCUT2D eigenvalue weighted by molar-refractivity contribution is 6.31. The van der Waals surface area contributed by atoms with E-state index in [1.165, 1.54) is 81.8 Å². The average Bonchev–Trinajstić information content (AvgIpc) is 3.73. The monoisotopic (exact) mass is 699 g/mol. The van der Waals surface area contributed by atoms with Crippen molar-refractivity contribution >= 4 is 87.7 Å². The molecule has 3 nitrogen and oxygen atoms in total. The summed E-state index contributed by atoms with van der Waals surface area (Å²) in [5, 5.41) is 10.1. The predicted octanol–water partition coefficient (Wildman–Crippen LogP) is 14.2. The number of benzene rings is 9. The molecule has 0 fully saturated rings. The van der Waals surface area contributed by atoms with Crippen LogP contribution in [0.4, 0.5) is 17.1 Å². The van der Waals surface area contributed by atoms with Crippen molar-refractivity contribution in [2.75, 3.05) is 4.90 Å². The molecule has 0 spiro atoms. The lowest BCUT2D eigenvalue weighted by Crippen LogP contribution is -2.10. The Hall–Kier alpha value is -7.36. The largest absolute Gasteiger partial charge is 0.310 e. The van der Waals surface area contributed by atoms with Gasteiger partial charge < -0.3 is 13.9 Å². The minimum absolute atomic E-state index is 1.10. The fourth-order valence-corrected chi connectivity index (χ4v) is 9.29. The molecule has 0 aliphatic carbocycles. The number of anilines is 3. The van der Waals surface area contributed by atoms with Gasteiger partial charge in [0.1, 0.15) is 0 Å². The van der Waals surface area contributed by atoms with Crippen LogP contribution in [0.3, 0.4) is 0 Å². The van der Waals surface area contributed by atoms with E-state index in [0.717, 1.165) is 22.7 Å². The van der Waals surface area contributed by atoms with Crippen molar-refractivity contribution in [3.63, 3.8) is 0 Å². The van der Waals surface area contributed by atoms with Gasteiger partial charge in [-0.2, -0.15) is 0 Å². The number of fused-ring (bicyclic) bond motifs is 6. The molecule has 0 atom stereocenters. The minimum Gasteiger partial charge on any atom is -0.310 e. The van der Waals surface area contributed by atoms with Crippen LogP contribution in [0.2, 0.25) is 0 Å². The second-order valence-electron chi connectivity index (χ2n) is 14.5. The molecule has 3 heterocycles. The molecule has 0 aliphatic rings. The Labute approximate surface area is 317 Å². The maximum atomic E-state index is 2.52. The van der Waals surface area contributed by atoms with E-state index in [0.29, 0.717) is 0 Å². The zero-order valence-corrected chi connectivity index (χ0v) is 29.9. The van der Waals surface area contributed by atoms with Gasteiger partial charge in [-0.1, -0.05) is 140 Å². The molecule has 0 saturated heterocycles. The van der Waals surface area contributed by atoms with Gasteiger partial charge in [-0.05, 0) is 82.6 Å². The molecular formula is C52H33N3. The zero-order valence-electron chi connectivity index (χ0n) is 29.9. The Morgan fingerprint density at radius 3 is 1.69 bits per heavy atom. The van der Waals surface area contributed by atoms with Gasteiger partial charge in [0.2, 0.25) is 0 Å². The first-order valence-electron chi connectivity index (χ1n) is 18.9. The molecule has 256 valence electrons. The summed E-state index contributed by atoms with van der Waals surface area (Å²) in [5.74, 6) is 0. The van der Waals surface area contributed by atoms with Crippen molar-refractivity contribution in [2.24, 2.45) is 0 Å².